The van der Waals surface area contributed by atoms with Gasteiger partial charge in [-0.3, -0.25) is 9.59 Å². The normalized spacial score (nSPS) is 24.8. The summed E-state index contributed by atoms with van der Waals surface area (Å²) in [4.78, 5) is 72.7. The molecule has 59 heavy (non-hydrogen) atoms. The number of urea groups is 1. The van der Waals surface area contributed by atoms with Crippen molar-refractivity contribution in [3.05, 3.63) is 95.5 Å². The lowest BCUT2D eigenvalue weighted by atomic mass is 9.51. The predicted octanol–water partition coefficient (Wildman–Crippen LogP) is 6.72. The number of H-pyrrole nitrogens is 2. The third-order valence-corrected chi connectivity index (χ3v) is 13.8. The highest BCUT2D eigenvalue weighted by Gasteiger charge is 2.51. The van der Waals surface area contributed by atoms with Crippen molar-refractivity contribution in [2.45, 2.75) is 113 Å². The monoisotopic (exact) mass is 803 g/mol. The number of aromatic amines is 2. The number of nitrogens with zero attached hydrogens (tertiary/aromatic N) is 4. The molecule has 2 aromatic heterocycles. The van der Waals surface area contributed by atoms with Crippen molar-refractivity contribution < 1.29 is 23.9 Å². The fraction of sp³-hybridized carbons (Fsp3) is 0.511. The standard InChI is InChI=1S/C45H57N9O5/c1-28(2)36(52-43(58)59-4)40(55)53-24-8-12-33(53)38-47-26-32(49-38)29-14-16-31(17-15-29)44-18-21-45(22-19-44,23-20-44)35-27-48-39(50-35)34-13-9-25-54(34)41(56)37(51-42(57)46-3)30-10-6-5-7-11-30/h5-7,10-11,14-17,26-28,33-34,36-37H,8-9,12-13,18-25H2,1-4H3,(H,47,49)(H,48,50)(H,52,58)(H2,46,51,57)/t33-,34-,36-,37+,44?,45?/m0/s1. The van der Waals surface area contributed by atoms with Crippen molar-refractivity contribution >= 4 is 23.9 Å². The fourth-order valence-electron chi connectivity index (χ4n) is 10.3. The summed E-state index contributed by atoms with van der Waals surface area (Å²) < 4.78 is 4.78. The van der Waals surface area contributed by atoms with Gasteiger partial charge < -0.3 is 40.5 Å². The number of amides is 5. The number of alkyl carbamates (subject to hydrolysis) is 1. The Labute approximate surface area is 345 Å². The Morgan fingerprint density at radius 3 is 1.97 bits per heavy atom. The largest absolute Gasteiger partial charge is 0.453 e. The van der Waals surface area contributed by atoms with Crippen LogP contribution in [0.3, 0.4) is 0 Å². The van der Waals surface area contributed by atoms with E-state index in [4.69, 9.17) is 14.7 Å². The molecule has 14 nitrogen and oxygen atoms in total. The van der Waals surface area contributed by atoms with Gasteiger partial charge in [0.05, 0.1) is 31.1 Å². The summed E-state index contributed by atoms with van der Waals surface area (Å²) in [6, 6.07) is 16.1. The molecule has 4 aromatic rings. The molecule has 5 aliphatic rings. The van der Waals surface area contributed by atoms with E-state index >= 15 is 0 Å². The zero-order valence-electron chi connectivity index (χ0n) is 34.6. The molecule has 0 radical (unpaired) electrons. The molecule has 9 rings (SSSR count). The van der Waals surface area contributed by atoms with Crippen LogP contribution in [-0.2, 0) is 25.2 Å². The third kappa shape index (κ3) is 7.69. The third-order valence-electron chi connectivity index (χ3n) is 13.8. The number of nitrogens with one attached hydrogen (secondary N) is 5. The Balaban J connectivity index is 0.917. The van der Waals surface area contributed by atoms with E-state index in [1.807, 2.05) is 66.4 Å². The van der Waals surface area contributed by atoms with Crippen molar-refractivity contribution in [1.82, 2.24) is 45.7 Å². The second-order valence-electron chi connectivity index (χ2n) is 17.3. The van der Waals surface area contributed by atoms with Gasteiger partial charge in [-0.05, 0) is 92.2 Å². The molecule has 4 heterocycles. The van der Waals surface area contributed by atoms with Crippen LogP contribution >= 0.6 is 0 Å². The molecule has 14 heteroatoms. The Morgan fingerprint density at radius 1 is 0.763 bits per heavy atom. The first kappa shape index (κ1) is 40.1. The number of benzene rings is 2. The molecule has 4 atom stereocenters. The first-order valence-electron chi connectivity index (χ1n) is 21.2. The molecule has 5 fully saturated rings. The molecule has 2 saturated heterocycles. The number of likely N-dealkylation sites (tertiary alicyclic amines) is 2. The summed E-state index contributed by atoms with van der Waals surface area (Å²) in [5, 5.41) is 8.17. The van der Waals surface area contributed by atoms with E-state index in [-0.39, 0.29) is 40.6 Å². The van der Waals surface area contributed by atoms with E-state index in [2.05, 4.69) is 50.2 Å². The number of hydrogen-bond acceptors (Lipinski definition) is 7. The summed E-state index contributed by atoms with van der Waals surface area (Å²) in [5.41, 5.74) is 5.45. The molecule has 5 amide bonds. The average molecular weight is 804 g/mol. The van der Waals surface area contributed by atoms with Crippen LogP contribution in [0.1, 0.15) is 125 Å². The zero-order chi connectivity index (χ0) is 41.3. The number of methoxy groups -OCH3 is 1. The average Bonchev–Trinajstić information content (AvgIpc) is 4.12. The van der Waals surface area contributed by atoms with Crippen LogP contribution in [-0.4, -0.2) is 87.0 Å². The van der Waals surface area contributed by atoms with E-state index in [1.54, 1.807) is 7.05 Å². The first-order valence-corrected chi connectivity index (χ1v) is 21.2. The van der Waals surface area contributed by atoms with E-state index in [1.165, 1.54) is 18.4 Å². The summed E-state index contributed by atoms with van der Waals surface area (Å²) in [5.74, 6) is 1.24. The number of imidazole rings is 2. The summed E-state index contributed by atoms with van der Waals surface area (Å²) in [6.45, 7) is 5.06. The van der Waals surface area contributed by atoms with Crippen LogP contribution < -0.4 is 16.0 Å². The molecule has 2 aliphatic heterocycles. The van der Waals surface area contributed by atoms with Gasteiger partial charge in [-0.2, -0.15) is 0 Å². The van der Waals surface area contributed by atoms with Crippen molar-refractivity contribution in [1.29, 1.82) is 0 Å². The minimum atomic E-state index is -0.789. The number of hydrogen-bond donors (Lipinski definition) is 5. The Hall–Kier alpha value is -5.66. The second-order valence-corrected chi connectivity index (χ2v) is 17.3. The molecule has 2 bridgehead atoms. The lowest BCUT2D eigenvalue weighted by Gasteiger charge is -2.53. The summed E-state index contributed by atoms with van der Waals surface area (Å²) in [7, 11) is 2.85. The highest BCUT2D eigenvalue weighted by molar-refractivity contribution is 5.88. The van der Waals surface area contributed by atoms with Gasteiger partial charge in [0.1, 0.15) is 23.7 Å². The zero-order valence-corrected chi connectivity index (χ0v) is 34.6. The molecule has 2 aromatic carbocycles. The van der Waals surface area contributed by atoms with Crippen LogP contribution in [0, 0.1) is 5.92 Å². The maximum absolute atomic E-state index is 14.1. The van der Waals surface area contributed by atoms with E-state index < -0.39 is 24.2 Å². The van der Waals surface area contributed by atoms with Crippen molar-refractivity contribution in [2.75, 3.05) is 27.2 Å². The number of ether oxygens (including phenoxy) is 1. The summed E-state index contributed by atoms with van der Waals surface area (Å²) >= 11 is 0. The van der Waals surface area contributed by atoms with Gasteiger partial charge in [0.2, 0.25) is 11.8 Å². The Kier molecular flexibility index (Phi) is 11.2. The van der Waals surface area contributed by atoms with Crippen molar-refractivity contribution in [3.63, 3.8) is 0 Å². The van der Waals surface area contributed by atoms with Gasteiger partial charge in [0, 0.05) is 37.4 Å². The molecule has 3 aliphatic carbocycles. The van der Waals surface area contributed by atoms with Crippen LogP contribution in [0.2, 0.25) is 0 Å². The second kappa shape index (κ2) is 16.5. The van der Waals surface area contributed by atoms with Gasteiger partial charge in [0.25, 0.3) is 0 Å². The minimum Gasteiger partial charge on any atom is -0.453 e. The molecule has 312 valence electrons. The fourth-order valence-corrected chi connectivity index (χ4v) is 10.3. The molecule has 0 unspecified atom stereocenters. The molecule has 5 N–H and O–H groups in total. The van der Waals surface area contributed by atoms with Crippen LogP contribution in [0.15, 0.2) is 67.0 Å². The lowest BCUT2D eigenvalue weighted by molar-refractivity contribution is -0.135. The first-order chi connectivity index (χ1) is 28.5. The highest BCUT2D eigenvalue weighted by Crippen LogP contribution is 2.58. The Morgan fingerprint density at radius 2 is 1.36 bits per heavy atom. The summed E-state index contributed by atoms with van der Waals surface area (Å²) in [6.07, 6.45) is 13.1. The number of fused-ring (bicyclic) bond motifs is 3. The van der Waals surface area contributed by atoms with E-state index in [0.29, 0.717) is 13.1 Å². The maximum atomic E-state index is 14.1. The molecular formula is C45H57N9O5. The van der Waals surface area contributed by atoms with Gasteiger partial charge in [-0.15, -0.1) is 0 Å². The maximum Gasteiger partial charge on any atom is 0.407 e. The minimum absolute atomic E-state index is 0.0418. The Bertz CT molecular complexity index is 2120. The highest BCUT2D eigenvalue weighted by atomic mass is 16.5. The number of aromatic nitrogens is 4. The quantitative estimate of drug-likeness (QED) is 0.112. The number of carbonyl (C=O) groups excluding carboxylic acids is 4. The lowest BCUT2D eigenvalue weighted by Crippen LogP contribution is -2.51. The SMILES string of the molecule is CNC(=O)N[C@@H](C(=O)N1CCC[C@H]1c1ncc(C23CCC(c4ccc(-c5cnc([C@@H]6CCCN6C(=O)[C@@H](NC(=O)OC)C(C)C)[nH]5)cc4)(CC2)CC3)[nH]1)c1ccccc1. The predicted molar refractivity (Wildman–Crippen MR) is 222 cm³/mol. The van der Waals surface area contributed by atoms with E-state index in [9.17, 15) is 19.2 Å². The van der Waals surface area contributed by atoms with Crippen LogP contribution in [0.25, 0.3) is 11.3 Å². The van der Waals surface area contributed by atoms with Gasteiger partial charge >= 0.3 is 12.1 Å². The molecule has 3 saturated carbocycles. The molecular weight excluding hydrogens is 747 g/mol. The van der Waals surface area contributed by atoms with E-state index in [0.717, 1.165) is 92.7 Å². The van der Waals surface area contributed by atoms with Crippen LogP contribution in [0.4, 0.5) is 9.59 Å². The van der Waals surface area contributed by atoms with Gasteiger partial charge in [0.15, 0.2) is 0 Å². The van der Waals surface area contributed by atoms with Gasteiger partial charge in [-0.25, -0.2) is 19.6 Å². The smallest absolute Gasteiger partial charge is 0.407 e. The topological polar surface area (TPSA) is 177 Å². The van der Waals surface area contributed by atoms with Crippen molar-refractivity contribution in [2.24, 2.45) is 5.92 Å². The van der Waals surface area contributed by atoms with Crippen LogP contribution in [0.5, 0.6) is 0 Å². The van der Waals surface area contributed by atoms with Gasteiger partial charge in [-0.1, -0.05) is 68.4 Å². The number of rotatable bonds is 11. The van der Waals surface area contributed by atoms with Crippen molar-refractivity contribution in [3.8, 4) is 11.3 Å². The molecule has 0 spiro atoms. The number of carbonyl (C=O) groups is 4.